The molecule has 1 aliphatic heterocycles. The Morgan fingerprint density at radius 3 is 2.42 bits per heavy atom. The number of unbranched alkanes of at least 4 members (excludes halogenated alkanes) is 2. The van der Waals surface area contributed by atoms with Gasteiger partial charge in [-0.2, -0.15) is 0 Å². The topological polar surface area (TPSA) is 44.9 Å². The van der Waals surface area contributed by atoms with E-state index < -0.39 is 0 Å². The zero-order valence-corrected chi connectivity index (χ0v) is 16.3. The van der Waals surface area contributed by atoms with Crippen LogP contribution in [0.5, 0.6) is 0 Å². The lowest BCUT2D eigenvalue weighted by molar-refractivity contribution is 0.329. The number of benzene rings is 1. The predicted octanol–water partition coefficient (Wildman–Crippen LogP) is 3.54. The third-order valence-corrected chi connectivity index (χ3v) is 4.26. The minimum absolute atomic E-state index is 0. The van der Waals surface area contributed by atoms with Gasteiger partial charge in [-0.15, -0.1) is 24.8 Å². The van der Waals surface area contributed by atoms with E-state index >= 15 is 0 Å². The molecule has 1 aromatic carbocycles. The highest BCUT2D eigenvalue weighted by Crippen LogP contribution is 2.09. The Balaban J connectivity index is 0.00000264. The van der Waals surface area contributed by atoms with Crippen LogP contribution in [0.4, 0.5) is 0 Å². The van der Waals surface area contributed by atoms with Crippen molar-refractivity contribution in [2.75, 3.05) is 33.2 Å². The smallest absolute Gasteiger partial charge is 0.191 e. The Morgan fingerprint density at radius 2 is 1.75 bits per heavy atom. The number of hydrogen-bond donors (Lipinski definition) is 1. The fourth-order valence-corrected chi connectivity index (χ4v) is 2.88. The Labute approximate surface area is 159 Å². The molecule has 0 radical (unpaired) electrons. The van der Waals surface area contributed by atoms with Crippen molar-refractivity contribution in [1.82, 2.24) is 9.80 Å². The first-order chi connectivity index (χ1) is 10.8. The number of hydrogen-bond acceptors (Lipinski definition) is 2. The standard InChI is InChI=1S/C18H30N4.2ClH/c1-21(16-17-10-4-2-5-11-17)18(19)20-12-6-3-7-13-22-14-8-9-15-22;;/h2,4-5,10-11H,3,6-9,12-16H2,1H3,(H2,19,20);2*1H. The van der Waals surface area contributed by atoms with Gasteiger partial charge >= 0.3 is 0 Å². The van der Waals surface area contributed by atoms with E-state index in [2.05, 4.69) is 34.2 Å². The average Bonchev–Trinajstić information content (AvgIpc) is 3.04. The SMILES string of the molecule is CN(Cc1ccccc1)C(N)=NCCCCCN1CCCC1.Cl.Cl. The van der Waals surface area contributed by atoms with E-state index in [-0.39, 0.29) is 24.8 Å². The Kier molecular flexibility index (Phi) is 12.8. The summed E-state index contributed by atoms with van der Waals surface area (Å²) in [6.45, 7) is 5.51. The molecule has 24 heavy (non-hydrogen) atoms. The number of aliphatic imine (C=N–C) groups is 1. The van der Waals surface area contributed by atoms with Gasteiger partial charge in [0.15, 0.2) is 5.96 Å². The maximum absolute atomic E-state index is 6.05. The molecule has 0 atom stereocenters. The van der Waals surface area contributed by atoms with Crippen LogP contribution in [0, 0.1) is 0 Å². The van der Waals surface area contributed by atoms with Gasteiger partial charge in [0.1, 0.15) is 0 Å². The highest BCUT2D eigenvalue weighted by Gasteiger charge is 2.09. The third kappa shape index (κ3) is 8.76. The highest BCUT2D eigenvalue weighted by molar-refractivity contribution is 5.85. The second kappa shape index (κ2) is 13.3. The van der Waals surface area contributed by atoms with Gasteiger partial charge in [0.2, 0.25) is 0 Å². The summed E-state index contributed by atoms with van der Waals surface area (Å²) in [4.78, 5) is 9.08. The van der Waals surface area contributed by atoms with Crippen LogP contribution in [0.2, 0.25) is 0 Å². The number of nitrogens with zero attached hydrogens (tertiary/aromatic N) is 3. The van der Waals surface area contributed by atoms with Crippen LogP contribution >= 0.6 is 24.8 Å². The summed E-state index contributed by atoms with van der Waals surface area (Å²) in [6, 6.07) is 10.4. The Morgan fingerprint density at radius 1 is 1.08 bits per heavy atom. The van der Waals surface area contributed by atoms with Gasteiger partial charge in [0, 0.05) is 20.1 Å². The van der Waals surface area contributed by atoms with Crippen molar-refractivity contribution in [2.45, 2.75) is 38.6 Å². The number of likely N-dealkylation sites (tertiary alicyclic amines) is 1. The molecule has 0 unspecified atom stereocenters. The largest absolute Gasteiger partial charge is 0.370 e. The van der Waals surface area contributed by atoms with Crippen molar-refractivity contribution < 1.29 is 0 Å². The summed E-state index contributed by atoms with van der Waals surface area (Å²) >= 11 is 0. The first-order valence-electron chi connectivity index (χ1n) is 8.53. The molecule has 1 fully saturated rings. The molecule has 0 aromatic heterocycles. The molecule has 1 aliphatic rings. The zero-order valence-electron chi connectivity index (χ0n) is 14.7. The van der Waals surface area contributed by atoms with Crippen molar-refractivity contribution in [2.24, 2.45) is 10.7 Å². The summed E-state index contributed by atoms with van der Waals surface area (Å²) < 4.78 is 0. The van der Waals surface area contributed by atoms with E-state index in [1.807, 2.05) is 18.0 Å². The van der Waals surface area contributed by atoms with Crippen molar-refractivity contribution in [1.29, 1.82) is 0 Å². The first-order valence-corrected chi connectivity index (χ1v) is 8.53. The van der Waals surface area contributed by atoms with Crippen LogP contribution in [0.1, 0.15) is 37.7 Å². The summed E-state index contributed by atoms with van der Waals surface area (Å²) in [5.41, 5.74) is 7.31. The number of rotatable bonds is 8. The molecule has 2 N–H and O–H groups in total. The monoisotopic (exact) mass is 374 g/mol. The summed E-state index contributed by atoms with van der Waals surface area (Å²) in [5, 5.41) is 0. The van der Waals surface area contributed by atoms with E-state index in [1.165, 1.54) is 50.9 Å². The van der Waals surface area contributed by atoms with Crippen LogP contribution in [0.3, 0.4) is 0 Å². The lowest BCUT2D eigenvalue weighted by atomic mass is 10.2. The van der Waals surface area contributed by atoms with Gasteiger partial charge in [0.25, 0.3) is 0 Å². The molecular weight excluding hydrogens is 343 g/mol. The molecule has 0 aliphatic carbocycles. The lowest BCUT2D eigenvalue weighted by Crippen LogP contribution is -2.33. The molecule has 1 heterocycles. The van der Waals surface area contributed by atoms with Crippen LogP contribution in [0.25, 0.3) is 0 Å². The van der Waals surface area contributed by atoms with Gasteiger partial charge in [-0.25, -0.2) is 0 Å². The second-order valence-electron chi connectivity index (χ2n) is 6.19. The average molecular weight is 375 g/mol. The second-order valence-corrected chi connectivity index (χ2v) is 6.19. The van der Waals surface area contributed by atoms with Crippen molar-refractivity contribution >= 4 is 30.8 Å². The molecule has 4 nitrogen and oxygen atoms in total. The summed E-state index contributed by atoms with van der Waals surface area (Å²) in [7, 11) is 2.00. The molecule has 1 aromatic rings. The van der Waals surface area contributed by atoms with Crippen LogP contribution in [-0.2, 0) is 6.54 Å². The van der Waals surface area contributed by atoms with Crippen molar-refractivity contribution in [3.05, 3.63) is 35.9 Å². The van der Waals surface area contributed by atoms with Gasteiger partial charge in [-0.3, -0.25) is 4.99 Å². The van der Waals surface area contributed by atoms with Gasteiger partial charge in [-0.05, 0) is 50.9 Å². The molecular formula is C18H32Cl2N4. The molecule has 0 amide bonds. The predicted molar refractivity (Wildman–Crippen MR) is 108 cm³/mol. The summed E-state index contributed by atoms with van der Waals surface area (Å²) in [6.07, 6.45) is 6.43. The molecule has 6 heteroatoms. The van der Waals surface area contributed by atoms with Crippen LogP contribution < -0.4 is 5.73 Å². The Bertz CT molecular complexity index is 448. The molecule has 0 spiro atoms. The van der Waals surface area contributed by atoms with Crippen molar-refractivity contribution in [3.63, 3.8) is 0 Å². The quantitative estimate of drug-likeness (QED) is 0.429. The van der Waals surface area contributed by atoms with Gasteiger partial charge in [0.05, 0.1) is 0 Å². The normalized spacial score (nSPS) is 14.8. The van der Waals surface area contributed by atoms with Gasteiger partial charge < -0.3 is 15.5 Å². The first kappa shape index (κ1) is 23.0. The number of guanidine groups is 1. The molecule has 0 bridgehead atoms. The minimum Gasteiger partial charge on any atom is -0.370 e. The highest BCUT2D eigenvalue weighted by atomic mass is 35.5. The number of nitrogens with two attached hydrogens (primary N) is 1. The van der Waals surface area contributed by atoms with Gasteiger partial charge in [-0.1, -0.05) is 36.8 Å². The maximum Gasteiger partial charge on any atom is 0.191 e. The summed E-state index contributed by atoms with van der Waals surface area (Å²) in [5.74, 6) is 0.642. The van der Waals surface area contributed by atoms with Crippen LogP contribution in [-0.4, -0.2) is 49.0 Å². The van der Waals surface area contributed by atoms with E-state index in [0.717, 1.165) is 19.5 Å². The molecule has 1 saturated heterocycles. The zero-order chi connectivity index (χ0) is 15.6. The fraction of sp³-hybridized carbons (Fsp3) is 0.611. The Hall–Kier alpha value is -0.970. The lowest BCUT2D eigenvalue weighted by Gasteiger charge is -2.18. The van der Waals surface area contributed by atoms with E-state index in [0.29, 0.717) is 5.96 Å². The molecule has 0 saturated carbocycles. The van der Waals surface area contributed by atoms with E-state index in [1.54, 1.807) is 0 Å². The van der Waals surface area contributed by atoms with E-state index in [9.17, 15) is 0 Å². The minimum atomic E-state index is 0. The van der Waals surface area contributed by atoms with E-state index in [4.69, 9.17) is 5.73 Å². The number of halogens is 2. The fourth-order valence-electron chi connectivity index (χ4n) is 2.88. The molecule has 138 valence electrons. The molecule has 2 rings (SSSR count). The van der Waals surface area contributed by atoms with Crippen LogP contribution in [0.15, 0.2) is 35.3 Å². The maximum atomic E-state index is 6.05. The third-order valence-electron chi connectivity index (χ3n) is 4.26. The van der Waals surface area contributed by atoms with Crippen molar-refractivity contribution in [3.8, 4) is 0 Å².